The fraction of sp³-hybridized carbons (Fsp3) is 0.857. The summed E-state index contributed by atoms with van der Waals surface area (Å²) in [5, 5.41) is 0. The highest BCUT2D eigenvalue weighted by Crippen LogP contribution is 2.23. The zero-order chi connectivity index (χ0) is 7.72. The first-order valence-electron chi connectivity index (χ1n) is 3.40. The number of ether oxygens (including phenoxy) is 2. The van der Waals surface area contributed by atoms with Crippen molar-refractivity contribution in [2.45, 2.75) is 26.1 Å². The normalized spacial score (nSPS) is 39.9. The standard InChI is InChI=1S/C7H12O3/c1-4-5(2)10-7(8)6(4)9-3/h4-6H,1-3H3. The molecular weight excluding hydrogens is 132 g/mol. The highest BCUT2D eigenvalue weighted by atomic mass is 16.6. The van der Waals surface area contributed by atoms with Crippen LogP contribution in [0.4, 0.5) is 0 Å². The lowest BCUT2D eigenvalue weighted by Gasteiger charge is -2.09. The lowest BCUT2D eigenvalue weighted by molar-refractivity contribution is -0.148. The van der Waals surface area contributed by atoms with Crippen molar-refractivity contribution >= 4 is 5.97 Å². The molecule has 1 aliphatic rings. The fourth-order valence-corrected chi connectivity index (χ4v) is 1.13. The number of esters is 1. The number of carbonyl (C=O) groups excluding carboxylic acids is 1. The van der Waals surface area contributed by atoms with Crippen molar-refractivity contribution in [2.24, 2.45) is 5.92 Å². The summed E-state index contributed by atoms with van der Waals surface area (Å²) >= 11 is 0. The molecule has 0 aromatic carbocycles. The van der Waals surface area contributed by atoms with Gasteiger partial charge in [0.2, 0.25) is 0 Å². The molecule has 1 heterocycles. The third-order valence-corrected chi connectivity index (χ3v) is 2.01. The van der Waals surface area contributed by atoms with Crippen LogP contribution in [0.2, 0.25) is 0 Å². The first-order valence-corrected chi connectivity index (χ1v) is 3.40. The average Bonchev–Trinajstić information content (AvgIpc) is 2.09. The maximum Gasteiger partial charge on any atom is 0.335 e. The summed E-state index contributed by atoms with van der Waals surface area (Å²) in [7, 11) is 1.53. The van der Waals surface area contributed by atoms with Gasteiger partial charge in [-0.3, -0.25) is 0 Å². The van der Waals surface area contributed by atoms with Crippen molar-refractivity contribution in [2.75, 3.05) is 7.11 Å². The molecule has 1 rings (SSSR count). The van der Waals surface area contributed by atoms with Crippen molar-refractivity contribution in [1.82, 2.24) is 0 Å². The van der Waals surface area contributed by atoms with Crippen LogP contribution in [0, 0.1) is 5.92 Å². The average molecular weight is 144 g/mol. The Balaban J connectivity index is 2.64. The van der Waals surface area contributed by atoms with Crippen LogP contribution < -0.4 is 0 Å². The maximum atomic E-state index is 10.9. The van der Waals surface area contributed by atoms with Gasteiger partial charge in [0, 0.05) is 13.0 Å². The van der Waals surface area contributed by atoms with Crippen molar-refractivity contribution in [3.63, 3.8) is 0 Å². The van der Waals surface area contributed by atoms with Gasteiger partial charge in [-0.15, -0.1) is 0 Å². The van der Waals surface area contributed by atoms with Crippen LogP contribution in [0.1, 0.15) is 13.8 Å². The van der Waals surface area contributed by atoms with E-state index in [1.54, 1.807) is 0 Å². The van der Waals surface area contributed by atoms with Crippen molar-refractivity contribution in [1.29, 1.82) is 0 Å². The topological polar surface area (TPSA) is 35.5 Å². The maximum absolute atomic E-state index is 10.9. The lowest BCUT2D eigenvalue weighted by Crippen LogP contribution is -2.23. The summed E-state index contributed by atoms with van der Waals surface area (Å²) in [6.07, 6.45) is -0.354. The molecule has 0 radical (unpaired) electrons. The Morgan fingerprint density at radius 3 is 2.30 bits per heavy atom. The van der Waals surface area contributed by atoms with E-state index >= 15 is 0 Å². The summed E-state index contributed by atoms with van der Waals surface area (Å²) in [5.41, 5.74) is 0. The molecule has 0 spiro atoms. The van der Waals surface area contributed by atoms with Gasteiger partial charge in [0.15, 0.2) is 6.10 Å². The summed E-state index contributed by atoms with van der Waals surface area (Å²) in [4.78, 5) is 10.9. The van der Waals surface area contributed by atoms with E-state index in [4.69, 9.17) is 9.47 Å². The SMILES string of the molecule is COC1C(=O)OC(C)C1C. The molecule has 0 aliphatic carbocycles. The molecule has 3 heteroatoms. The molecule has 0 aromatic rings. The molecule has 0 N–H and O–H groups in total. The number of methoxy groups -OCH3 is 1. The van der Waals surface area contributed by atoms with E-state index in [1.807, 2.05) is 13.8 Å². The summed E-state index contributed by atoms with van der Waals surface area (Å²) in [5.74, 6) is -0.0556. The minimum atomic E-state index is -0.352. The summed E-state index contributed by atoms with van der Waals surface area (Å²) < 4.78 is 9.84. The Morgan fingerprint density at radius 1 is 1.50 bits per heavy atom. The number of rotatable bonds is 1. The molecule has 10 heavy (non-hydrogen) atoms. The van der Waals surface area contributed by atoms with Crippen LogP contribution in [-0.4, -0.2) is 25.3 Å². The number of cyclic esters (lactones) is 1. The molecular formula is C7H12O3. The van der Waals surface area contributed by atoms with Crippen LogP contribution >= 0.6 is 0 Å². The molecule has 1 aliphatic heterocycles. The van der Waals surface area contributed by atoms with Crippen LogP contribution in [0.25, 0.3) is 0 Å². The molecule has 0 saturated carbocycles. The van der Waals surface area contributed by atoms with Crippen molar-refractivity contribution in [3.8, 4) is 0 Å². The Morgan fingerprint density at radius 2 is 2.10 bits per heavy atom. The summed E-state index contributed by atoms with van der Waals surface area (Å²) in [6.45, 7) is 3.82. The molecule has 1 saturated heterocycles. The second-order valence-electron chi connectivity index (χ2n) is 2.66. The molecule has 58 valence electrons. The molecule has 3 atom stereocenters. The Hall–Kier alpha value is -0.570. The van der Waals surface area contributed by atoms with Crippen LogP contribution in [-0.2, 0) is 14.3 Å². The summed E-state index contributed by atoms with van der Waals surface area (Å²) in [6, 6.07) is 0. The van der Waals surface area contributed by atoms with Gasteiger partial charge in [0.05, 0.1) is 0 Å². The minimum absolute atomic E-state index is 0.00236. The van der Waals surface area contributed by atoms with E-state index < -0.39 is 0 Å². The fourth-order valence-electron chi connectivity index (χ4n) is 1.13. The molecule has 3 nitrogen and oxygen atoms in total. The van der Waals surface area contributed by atoms with Crippen LogP contribution in [0.5, 0.6) is 0 Å². The van der Waals surface area contributed by atoms with Gasteiger partial charge in [-0.2, -0.15) is 0 Å². The molecule has 1 fully saturated rings. The number of hydrogen-bond acceptors (Lipinski definition) is 3. The largest absolute Gasteiger partial charge is 0.460 e. The molecule has 0 amide bonds. The van der Waals surface area contributed by atoms with E-state index in [0.29, 0.717) is 0 Å². The zero-order valence-electron chi connectivity index (χ0n) is 6.46. The van der Waals surface area contributed by atoms with E-state index in [1.165, 1.54) is 7.11 Å². The van der Waals surface area contributed by atoms with Gasteiger partial charge in [-0.25, -0.2) is 4.79 Å². The van der Waals surface area contributed by atoms with Crippen molar-refractivity contribution < 1.29 is 14.3 Å². The Bertz CT molecular complexity index is 144. The van der Waals surface area contributed by atoms with Crippen LogP contribution in [0.15, 0.2) is 0 Å². The number of hydrogen-bond donors (Lipinski definition) is 0. The first kappa shape index (κ1) is 7.54. The zero-order valence-corrected chi connectivity index (χ0v) is 6.46. The second kappa shape index (κ2) is 2.58. The second-order valence-corrected chi connectivity index (χ2v) is 2.66. The third kappa shape index (κ3) is 1.01. The molecule has 0 aromatic heterocycles. The highest BCUT2D eigenvalue weighted by molar-refractivity contribution is 5.77. The predicted octanol–water partition coefficient (Wildman–Crippen LogP) is 0.583. The van der Waals surface area contributed by atoms with Crippen molar-refractivity contribution in [3.05, 3.63) is 0 Å². The van der Waals surface area contributed by atoms with Gasteiger partial charge in [-0.05, 0) is 6.92 Å². The van der Waals surface area contributed by atoms with Gasteiger partial charge in [-0.1, -0.05) is 6.92 Å². The molecule has 3 unspecified atom stereocenters. The number of carbonyl (C=O) groups is 1. The van der Waals surface area contributed by atoms with Crippen LogP contribution in [0.3, 0.4) is 0 Å². The highest BCUT2D eigenvalue weighted by Gasteiger charge is 2.39. The first-order chi connectivity index (χ1) is 4.66. The van der Waals surface area contributed by atoms with Gasteiger partial charge in [0.25, 0.3) is 0 Å². The Kier molecular flexibility index (Phi) is 1.94. The monoisotopic (exact) mass is 144 g/mol. The third-order valence-electron chi connectivity index (χ3n) is 2.01. The van der Waals surface area contributed by atoms with E-state index in [9.17, 15) is 4.79 Å². The smallest absolute Gasteiger partial charge is 0.335 e. The van der Waals surface area contributed by atoms with Gasteiger partial charge in [0.1, 0.15) is 6.10 Å². The van der Waals surface area contributed by atoms with E-state index in [0.717, 1.165) is 0 Å². The lowest BCUT2D eigenvalue weighted by atomic mass is 10.0. The molecule has 0 bridgehead atoms. The minimum Gasteiger partial charge on any atom is -0.460 e. The van der Waals surface area contributed by atoms with Gasteiger partial charge >= 0.3 is 5.97 Å². The van der Waals surface area contributed by atoms with E-state index in [-0.39, 0.29) is 24.1 Å². The van der Waals surface area contributed by atoms with E-state index in [2.05, 4.69) is 0 Å². The van der Waals surface area contributed by atoms with Gasteiger partial charge < -0.3 is 9.47 Å². The predicted molar refractivity (Wildman–Crippen MR) is 35.5 cm³/mol. The Labute approximate surface area is 60.3 Å². The quantitative estimate of drug-likeness (QED) is 0.505.